The van der Waals surface area contributed by atoms with Crippen LogP contribution in [0.4, 0.5) is 0 Å². The van der Waals surface area contributed by atoms with Crippen LogP contribution in [-0.4, -0.2) is 37.6 Å². The van der Waals surface area contributed by atoms with Crippen LogP contribution in [0, 0.1) is 11.8 Å². The molecular formula is C12H23NO2. The van der Waals surface area contributed by atoms with Crippen LogP contribution in [0.1, 0.15) is 33.1 Å². The summed E-state index contributed by atoms with van der Waals surface area (Å²) in [5.41, 5.74) is 0. The number of nitrogens with zero attached hydrogens (tertiary/aromatic N) is 1. The number of hydrogen-bond donors (Lipinski definition) is 0. The molecule has 0 unspecified atom stereocenters. The second kappa shape index (κ2) is 6.11. The average Bonchev–Trinajstić information content (AvgIpc) is 2.08. The van der Waals surface area contributed by atoms with Crippen molar-refractivity contribution in [3.8, 4) is 0 Å². The number of ether oxygens (including phenoxy) is 1. The normalized spacial score (nSPS) is 16.5. The van der Waals surface area contributed by atoms with Crippen LogP contribution in [0.3, 0.4) is 0 Å². The van der Waals surface area contributed by atoms with E-state index in [1.165, 1.54) is 6.42 Å². The molecule has 88 valence electrons. The first-order chi connectivity index (χ1) is 7.15. The van der Waals surface area contributed by atoms with E-state index in [9.17, 15) is 4.79 Å². The molecule has 0 atom stereocenters. The first kappa shape index (κ1) is 12.5. The van der Waals surface area contributed by atoms with Gasteiger partial charge in [0.05, 0.1) is 6.61 Å². The lowest BCUT2D eigenvalue weighted by molar-refractivity contribution is -0.139. The van der Waals surface area contributed by atoms with Crippen LogP contribution < -0.4 is 0 Å². The highest BCUT2D eigenvalue weighted by Crippen LogP contribution is 2.28. The van der Waals surface area contributed by atoms with Gasteiger partial charge in [-0.05, 0) is 18.8 Å². The minimum absolute atomic E-state index is 0.306. The minimum Gasteiger partial charge on any atom is -0.383 e. The lowest BCUT2D eigenvalue weighted by atomic mass is 9.84. The summed E-state index contributed by atoms with van der Waals surface area (Å²) in [7, 11) is 1.68. The van der Waals surface area contributed by atoms with E-state index in [-0.39, 0.29) is 0 Å². The number of amides is 1. The van der Waals surface area contributed by atoms with Gasteiger partial charge in [0.2, 0.25) is 5.91 Å². The highest BCUT2D eigenvalue weighted by molar-refractivity contribution is 5.79. The summed E-state index contributed by atoms with van der Waals surface area (Å²) in [6.07, 6.45) is 3.39. The standard InChI is InChI=1S/C12H23NO2/c1-10(2)9-13(7-8-15-3)12(14)11-5-4-6-11/h10-11H,4-9H2,1-3H3. The first-order valence-electron chi connectivity index (χ1n) is 5.93. The summed E-state index contributed by atoms with van der Waals surface area (Å²) in [4.78, 5) is 14.0. The maximum absolute atomic E-state index is 12.0. The van der Waals surface area contributed by atoms with Crippen LogP contribution in [-0.2, 0) is 9.53 Å². The SMILES string of the molecule is COCCN(CC(C)C)C(=O)C1CCC1. The van der Waals surface area contributed by atoms with Crippen LogP contribution in [0.25, 0.3) is 0 Å². The van der Waals surface area contributed by atoms with Crippen LogP contribution in [0.2, 0.25) is 0 Å². The molecule has 0 aromatic rings. The van der Waals surface area contributed by atoms with Gasteiger partial charge >= 0.3 is 0 Å². The maximum Gasteiger partial charge on any atom is 0.225 e. The predicted molar refractivity (Wildman–Crippen MR) is 60.6 cm³/mol. The third-order valence-electron chi connectivity index (χ3n) is 2.92. The first-order valence-corrected chi connectivity index (χ1v) is 5.93. The molecule has 0 aliphatic heterocycles. The molecule has 1 aliphatic carbocycles. The summed E-state index contributed by atoms with van der Waals surface area (Å²) >= 11 is 0. The zero-order valence-electron chi connectivity index (χ0n) is 10.2. The fourth-order valence-corrected chi connectivity index (χ4v) is 1.85. The lowest BCUT2D eigenvalue weighted by Gasteiger charge is -2.32. The second-order valence-electron chi connectivity index (χ2n) is 4.80. The Morgan fingerprint density at radius 1 is 1.47 bits per heavy atom. The number of carbonyl (C=O) groups is 1. The monoisotopic (exact) mass is 213 g/mol. The smallest absolute Gasteiger partial charge is 0.225 e. The summed E-state index contributed by atoms with van der Waals surface area (Å²) in [6, 6.07) is 0. The molecule has 3 heteroatoms. The van der Waals surface area contributed by atoms with Gasteiger partial charge in [-0.2, -0.15) is 0 Å². The molecule has 1 amide bonds. The molecule has 0 spiro atoms. The van der Waals surface area contributed by atoms with E-state index in [4.69, 9.17) is 4.74 Å². The third-order valence-corrected chi connectivity index (χ3v) is 2.92. The molecule has 0 aromatic heterocycles. The van der Waals surface area contributed by atoms with Crippen molar-refractivity contribution in [2.75, 3.05) is 26.8 Å². The number of hydrogen-bond acceptors (Lipinski definition) is 2. The third kappa shape index (κ3) is 3.82. The van der Waals surface area contributed by atoms with E-state index < -0.39 is 0 Å². The Labute approximate surface area is 92.8 Å². The maximum atomic E-state index is 12.0. The van der Waals surface area contributed by atoms with E-state index in [0.29, 0.717) is 24.3 Å². The summed E-state index contributed by atoms with van der Waals surface area (Å²) in [5.74, 6) is 1.18. The van der Waals surface area contributed by atoms with Crippen molar-refractivity contribution < 1.29 is 9.53 Å². The summed E-state index contributed by atoms with van der Waals surface area (Å²) in [6.45, 7) is 6.54. The van der Waals surface area contributed by atoms with Crippen molar-refractivity contribution in [1.29, 1.82) is 0 Å². The molecule has 15 heavy (non-hydrogen) atoms. The molecule has 1 rings (SSSR count). The average molecular weight is 213 g/mol. The van der Waals surface area contributed by atoms with Crippen molar-refractivity contribution in [2.45, 2.75) is 33.1 Å². The number of rotatable bonds is 6. The van der Waals surface area contributed by atoms with Crippen molar-refractivity contribution in [2.24, 2.45) is 11.8 Å². The largest absolute Gasteiger partial charge is 0.383 e. The zero-order valence-corrected chi connectivity index (χ0v) is 10.2. The Morgan fingerprint density at radius 2 is 2.13 bits per heavy atom. The minimum atomic E-state index is 0.306. The van der Waals surface area contributed by atoms with Crippen molar-refractivity contribution in [1.82, 2.24) is 4.90 Å². The van der Waals surface area contributed by atoms with Gasteiger partial charge in [0.1, 0.15) is 0 Å². The Hall–Kier alpha value is -0.570. The highest BCUT2D eigenvalue weighted by atomic mass is 16.5. The number of methoxy groups -OCH3 is 1. The van der Waals surface area contributed by atoms with Crippen LogP contribution in [0.15, 0.2) is 0 Å². The second-order valence-corrected chi connectivity index (χ2v) is 4.80. The van der Waals surface area contributed by atoms with Crippen LogP contribution >= 0.6 is 0 Å². The molecule has 0 N–H and O–H groups in total. The van der Waals surface area contributed by atoms with Gasteiger partial charge in [-0.3, -0.25) is 4.79 Å². The Kier molecular flexibility index (Phi) is 5.09. The van der Waals surface area contributed by atoms with E-state index >= 15 is 0 Å². The van der Waals surface area contributed by atoms with Gasteiger partial charge in [-0.15, -0.1) is 0 Å². The lowest BCUT2D eigenvalue weighted by Crippen LogP contribution is -2.42. The quantitative estimate of drug-likeness (QED) is 0.674. The molecule has 1 aliphatic rings. The molecule has 0 aromatic carbocycles. The van der Waals surface area contributed by atoms with E-state index in [1.807, 2.05) is 4.90 Å². The fraction of sp³-hybridized carbons (Fsp3) is 0.917. The van der Waals surface area contributed by atoms with Gasteiger partial charge in [0.25, 0.3) is 0 Å². The van der Waals surface area contributed by atoms with Crippen LogP contribution in [0.5, 0.6) is 0 Å². The molecule has 3 nitrogen and oxygen atoms in total. The molecule has 0 radical (unpaired) electrons. The summed E-state index contributed by atoms with van der Waals surface area (Å²) < 4.78 is 5.04. The summed E-state index contributed by atoms with van der Waals surface area (Å²) in [5, 5.41) is 0. The van der Waals surface area contributed by atoms with Gasteiger partial charge in [-0.25, -0.2) is 0 Å². The van der Waals surface area contributed by atoms with Crippen molar-refractivity contribution in [3.63, 3.8) is 0 Å². The molecule has 0 saturated heterocycles. The Bertz CT molecular complexity index is 200. The van der Waals surface area contributed by atoms with Crippen molar-refractivity contribution in [3.05, 3.63) is 0 Å². The Balaban J connectivity index is 2.41. The fourth-order valence-electron chi connectivity index (χ4n) is 1.85. The Morgan fingerprint density at radius 3 is 2.53 bits per heavy atom. The van der Waals surface area contributed by atoms with Gasteiger partial charge in [0, 0.05) is 26.1 Å². The topological polar surface area (TPSA) is 29.5 Å². The van der Waals surface area contributed by atoms with Crippen molar-refractivity contribution >= 4 is 5.91 Å². The predicted octanol–water partition coefficient (Wildman–Crippen LogP) is 1.92. The molecule has 1 fully saturated rings. The van der Waals surface area contributed by atoms with Gasteiger partial charge < -0.3 is 9.64 Å². The van der Waals surface area contributed by atoms with E-state index in [2.05, 4.69) is 13.8 Å². The molecular weight excluding hydrogens is 190 g/mol. The number of carbonyl (C=O) groups excluding carboxylic acids is 1. The molecule has 0 heterocycles. The molecule has 0 bridgehead atoms. The van der Waals surface area contributed by atoms with Gasteiger partial charge in [-0.1, -0.05) is 20.3 Å². The van der Waals surface area contributed by atoms with E-state index in [1.54, 1.807) is 7.11 Å². The van der Waals surface area contributed by atoms with Gasteiger partial charge in [0.15, 0.2) is 0 Å². The molecule has 1 saturated carbocycles. The highest BCUT2D eigenvalue weighted by Gasteiger charge is 2.29. The zero-order chi connectivity index (χ0) is 11.3. The van der Waals surface area contributed by atoms with E-state index in [0.717, 1.165) is 25.9 Å².